The van der Waals surface area contributed by atoms with Crippen molar-refractivity contribution in [1.29, 1.82) is 0 Å². The Bertz CT molecular complexity index is 1090. The van der Waals surface area contributed by atoms with E-state index in [0.717, 1.165) is 11.1 Å². The minimum absolute atomic E-state index is 0.0524. The van der Waals surface area contributed by atoms with Crippen molar-refractivity contribution in [3.8, 4) is 0 Å². The van der Waals surface area contributed by atoms with Crippen molar-refractivity contribution in [1.82, 2.24) is 9.62 Å². The van der Waals surface area contributed by atoms with E-state index in [-0.39, 0.29) is 36.4 Å². The van der Waals surface area contributed by atoms with Crippen LogP contribution in [0.3, 0.4) is 0 Å². The summed E-state index contributed by atoms with van der Waals surface area (Å²) in [7, 11) is -3.80. The Morgan fingerprint density at radius 1 is 0.935 bits per heavy atom. The Labute approximate surface area is 188 Å². The van der Waals surface area contributed by atoms with Gasteiger partial charge in [-0.2, -0.15) is 4.31 Å². The summed E-state index contributed by atoms with van der Waals surface area (Å²) in [5.41, 5.74) is 1.84. The molecule has 162 valence electrons. The Morgan fingerprint density at radius 3 is 2.13 bits per heavy atom. The molecule has 0 fully saturated rings. The van der Waals surface area contributed by atoms with E-state index in [0.29, 0.717) is 5.02 Å². The van der Waals surface area contributed by atoms with Crippen LogP contribution in [0.15, 0.2) is 89.8 Å². The molecular formula is C24H25ClN2O3S. The van der Waals surface area contributed by atoms with E-state index < -0.39 is 10.0 Å². The molecule has 0 aliphatic carbocycles. The molecule has 7 heteroatoms. The van der Waals surface area contributed by atoms with Crippen LogP contribution in [0.2, 0.25) is 5.02 Å². The summed E-state index contributed by atoms with van der Waals surface area (Å²) in [5.74, 6) is -0.208. The zero-order chi connectivity index (χ0) is 22.3. The lowest BCUT2D eigenvalue weighted by atomic mass is 10.1. The summed E-state index contributed by atoms with van der Waals surface area (Å²) in [6.07, 6.45) is 0.0524. The highest BCUT2D eigenvalue weighted by atomic mass is 35.5. The van der Waals surface area contributed by atoms with Gasteiger partial charge in [-0.05, 0) is 42.3 Å². The first-order chi connectivity index (χ1) is 14.9. The van der Waals surface area contributed by atoms with Crippen molar-refractivity contribution in [3.63, 3.8) is 0 Å². The van der Waals surface area contributed by atoms with E-state index >= 15 is 0 Å². The van der Waals surface area contributed by atoms with Crippen molar-refractivity contribution >= 4 is 27.5 Å². The highest BCUT2D eigenvalue weighted by Gasteiger charge is 2.25. The van der Waals surface area contributed by atoms with Gasteiger partial charge in [-0.25, -0.2) is 8.42 Å². The van der Waals surface area contributed by atoms with Gasteiger partial charge in [-0.3, -0.25) is 4.79 Å². The van der Waals surface area contributed by atoms with Crippen LogP contribution >= 0.6 is 11.6 Å². The molecule has 5 nitrogen and oxygen atoms in total. The van der Waals surface area contributed by atoms with E-state index in [4.69, 9.17) is 11.6 Å². The SMILES string of the molecule is CC(NC(=O)CCN(Cc1ccccc1)S(=O)(=O)c1ccc(Cl)cc1)c1ccccc1. The van der Waals surface area contributed by atoms with Gasteiger partial charge in [-0.1, -0.05) is 72.3 Å². The number of hydrogen-bond donors (Lipinski definition) is 1. The van der Waals surface area contributed by atoms with Gasteiger partial charge in [0, 0.05) is 24.5 Å². The Balaban J connectivity index is 1.73. The summed E-state index contributed by atoms with van der Waals surface area (Å²) in [5, 5.41) is 3.40. The molecule has 31 heavy (non-hydrogen) atoms. The molecule has 3 aromatic carbocycles. The molecule has 1 N–H and O–H groups in total. The lowest BCUT2D eigenvalue weighted by Gasteiger charge is -2.23. The molecule has 0 spiro atoms. The van der Waals surface area contributed by atoms with E-state index in [2.05, 4.69) is 5.32 Å². The van der Waals surface area contributed by atoms with Crippen molar-refractivity contribution in [3.05, 3.63) is 101 Å². The minimum Gasteiger partial charge on any atom is -0.350 e. The van der Waals surface area contributed by atoms with E-state index in [1.165, 1.54) is 16.4 Å². The van der Waals surface area contributed by atoms with E-state index in [1.807, 2.05) is 67.6 Å². The number of amides is 1. The normalized spacial score (nSPS) is 12.5. The third-order valence-corrected chi connectivity index (χ3v) is 7.03. The molecule has 0 heterocycles. The second-order valence-corrected chi connectivity index (χ2v) is 9.60. The number of rotatable bonds is 9. The predicted octanol–water partition coefficient (Wildman–Crippen LogP) is 4.80. The number of nitrogens with one attached hydrogen (secondary N) is 1. The summed E-state index contributed by atoms with van der Waals surface area (Å²) in [6.45, 7) is 2.14. The average Bonchev–Trinajstić information content (AvgIpc) is 2.78. The minimum atomic E-state index is -3.80. The summed E-state index contributed by atoms with van der Waals surface area (Å²) >= 11 is 5.91. The third-order valence-electron chi connectivity index (χ3n) is 4.92. The van der Waals surface area contributed by atoms with Crippen LogP contribution < -0.4 is 5.32 Å². The molecule has 0 radical (unpaired) electrons. The maximum absolute atomic E-state index is 13.3. The molecule has 0 bridgehead atoms. The van der Waals surface area contributed by atoms with Crippen LogP contribution in [0.1, 0.15) is 30.5 Å². The Morgan fingerprint density at radius 2 is 1.52 bits per heavy atom. The average molecular weight is 457 g/mol. The molecule has 0 saturated carbocycles. The lowest BCUT2D eigenvalue weighted by Crippen LogP contribution is -2.35. The van der Waals surface area contributed by atoms with E-state index in [9.17, 15) is 13.2 Å². The third kappa shape index (κ3) is 6.40. The Hall–Kier alpha value is -2.67. The van der Waals surface area contributed by atoms with Gasteiger partial charge in [0.15, 0.2) is 0 Å². The molecule has 0 aromatic heterocycles. The number of benzene rings is 3. The second-order valence-electron chi connectivity index (χ2n) is 7.23. The van der Waals surface area contributed by atoms with Gasteiger partial charge in [0.25, 0.3) is 0 Å². The molecule has 1 atom stereocenters. The fourth-order valence-corrected chi connectivity index (χ4v) is 4.75. The maximum Gasteiger partial charge on any atom is 0.243 e. The van der Waals surface area contributed by atoms with Crippen LogP contribution in [-0.2, 0) is 21.4 Å². The first kappa shape index (κ1) is 23.0. The highest BCUT2D eigenvalue weighted by molar-refractivity contribution is 7.89. The van der Waals surface area contributed by atoms with Crippen LogP contribution in [0.25, 0.3) is 0 Å². The molecular weight excluding hydrogens is 432 g/mol. The van der Waals surface area contributed by atoms with Gasteiger partial charge in [-0.15, -0.1) is 0 Å². The Kier molecular flexibility index (Phi) is 7.85. The van der Waals surface area contributed by atoms with Crippen molar-refractivity contribution in [2.75, 3.05) is 6.54 Å². The number of sulfonamides is 1. The van der Waals surface area contributed by atoms with Gasteiger partial charge >= 0.3 is 0 Å². The fourth-order valence-electron chi connectivity index (χ4n) is 3.19. The monoisotopic (exact) mass is 456 g/mol. The van der Waals surface area contributed by atoms with Crippen LogP contribution in [0.4, 0.5) is 0 Å². The molecule has 0 aliphatic heterocycles. The van der Waals surface area contributed by atoms with Crippen molar-refractivity contribution in [2.24, 2.45) is 0 Å². The largest absolute Gasteiger partial charge is 0.350 e. The van der Waals surface area contributed by atoms with E-state index in [1.54, 1.807) is 12.1 Å². The second kappa shape index (κ2) is 10.6. The first-order valence-electron chi connectivity index (χ1n) is 10.0. The summed E-state index contributed by atoms with van der Waals surface area (Å²) < 4.78 is 27.8. The number of halogens is 1. The summed E-state index contributed by atoms with van der Waals surface area (Å²) in [4.78, 5) is 12.7. The van der Waals surface area contributed by atoms with Crippen molar-refractivity contribution < 1.29 is 13.2 Å². The standard InChI is InChI=1S/C24H25ClN2O3S/c1-19(21-10-6-3-7-11-21)26-24(28)16-17-27(18-20-8-4-2-5-9-20)31(29,30)23-14-12-22(25)13-15-23/h2-15,19H,16-18H2,1H3,(H,26,28). The lowest BCUT2D eigenvalue weighted by molar-refractivity contribution is -0.121. The fraction of sp³-hybridized carbons (Fsp3) is 0.208. The molecule has 3 aromatic rings. The van der Waals surface area contributed by atoms with Gasteiger partial charge in [0.2, 0.25) is 15.9 Å². The predicted molar refractivity (Wildman–Crippen MR) is 123 cm³/mol. The van der Waals surface area contributed by atoms with Crippen LogP contribution in [0.5, 0.6) is 0 Å². The number of nitrogens with zero attached hydrogens (tertiary/aromatic N) is 1. The van der Waals surface area contributed by atoms with Crippen LogP contribution in [-0.4, -0.2) is 25.2 Å². The zero-order valence-electron chi connectivity index (χ0n) is 17.2. The molecule has 0 saturated heterocycles. The molecule has 1 unspecified atom stereocenters. The van der Waals surface area contributed by atoms with Gasteiger partial charge < -0.3 is 5.32 Å². The molecule has 1 amide bonds. The number of carbonyl (C=O) groups is 1. The molecule has 0 aliphatic rings. The highest BCUT2D eigenvalue weighted by Crippen LogP contribution is 2.21. The topological polar surface area (TPSA) is 66.5 Å². The number of hydrogen-bond acceptors (Lipinski definition) is 3. The van der Waals surface area contributed by atoms with Crippen molar-refractivity contribution in [2.45, 2.75) is 30.8 Å². The van der Waals surface area contributed by atoms with Crippen LogP contribution in [0, 0.1) is 0 Å². The first-order valence-corrected chi connectivity index (χ1v) is 11.8. The quantitative estimate of drug-likeness (QED) is 0.503. The molecule has 3 rings (SSSR count). The zero-order valence-corrected chi connectivity index (χ0v) is 18.8. The van der Waals surface area contributed by atoms with Gasteiger partial charge in [0.1, 0.15) is 0 Å². The summed E-state index contributed by atoms with van der Waals surface area (Å²) in [6, 6.07) is 24.8. The van der Waals surface area contributed by atoms with Gasteiger partial charge in [0.05, 0.1) is 10.9 Å². The number of carbonyl (C=O) groups excluding carboxylic acids is 1. The smallest absolute Gasteiger partial charge is 0.243 e. The maximum atomic E-state index is 13.3.